The molecule has 9 aromatic carbocycles. The molecule has 9 heteroatoms. The fourth-order valence-corrected chi connectivity index (χ4v) is 11.9. The van der Waals surface area contributed by atoms with Gasteiger partial charge in [-0.2, -0.15) is 9.97 Å². The van der Waals surface area contributed by atoms with Crippen molar-refractivity contribution in [2.24, 2.45) is 0 Å². The van der Waals surface area contributed by atoms with Crippen LogP contribution in [-0.2, 0) is 0 Å². The molecule has 354 valence electrons. The molecule has 0 atom stereocenters. The Kier molecular flexibility index (Phi) is 9.13. The van der Waals surface area contributed by atoms with Crippen LogP contribution in [0.5, 0.6) is 0 Å². The minimum absolute atomic E-state index is 0.522. The molecule has 0 amide bonds. The third-order valence-electron chi connectivity index (χ3n) is 15.2. The Labute approximate surface area is 434 Å². The Morgan fingerprint density at radius 3 is 1.36 bits per heavy atom. The minimum Gasteiger partial charge on any atom is -0.309 e. The van der Waals surface area contributed by atoms with E-state index in [4.69, 9.17) is 15.0 Å². The highest BCUT2D eigenvalue weighted by molar-refractivity contribution is 6.26. The van der Waals surface area contributed by atoms with E-state index in [1.165, 1.54) is 5.56 Å². The zero-order chi connectivity index (χ0) is 49.8. The van der Waals surface area contributed by atoms with E-state index in [-0.39, 0.29) is 0 Å². The van der Waals surface area contributed by atoms with E-state index in [0.717, 1.165) is 121 Å². The summed E-state index contributed by atoms with van der Waals surface area (Å²) in [5, 5.41) is 8.81. The van der Waals surface area contributed by atoms with Gasteiger partial charge in [0.1, 0.15) is 0 Å². The first kappa shape index (κ1) is 42.0. The van der Waals surface area contributed by atoms with E-state index >= 15 is 0 Å². The first-order chi connectivity index (χ1) is 37.7. The quantitative estimate of drug-likeness (QED) is 0.159. The van der Waals surface area contributed by atoms with Crippen LogP contribution < -0.4 is 0 Å². The molecule has 0 saturated carbocycles. The number of hydrogen-bond acceptors (Lipinski definition) is 5. The molecule has 0 bridgehead atoms. The molecule has 0 unspecified atom stereocenters. The smallest absolute Gasteiger partial charge is 0.238 e. The molecule has 0 saturated heterocycles. The Balaban J connectivity index is 0.983. The highest BCUT2D eigenvalue weighted by Gasteiger charge is 2.25. The summed E-state index contributed by atoms with van der Waals surface area (Å²) in [5.41, 5.74) is 15.7. The molecule has 0 radical (unpaired) electrons. The van der Waals surface area contributed by atoms with Gasteiger partial charge in [0.2, 0.25) is 5.95 Å². The van der Waals surface area contributed by atoms with E-state index < -0.39 is 0 Å². The van der Waals surface area contributed by atoms with Crippen LogP contribution in [-0.4, -0.2) is 43.2 Å². The second-order valence-electron chi connectivity index (χ2n) is 19.4. The van der Waals surface area contributed by atoms with E-state index in [2.05, 4.69) is 241 Å². The summed E-state index contributed by atoms with van der Waals surface area (Å²) in [6.07, 6.45) is 7.62. The molecule has 0 aliphatic heterocycles. The molecular formula is C67H41N9. The molecule has 16 aromatic rings. The number of nitrogens with zero attached hydrogens (tertiary/aromatic N) is 9. The summed E-state index contributed by atoms with van der Waals surface area (Å²) in [6, 6.07) is 79.6. The van der Waals surface area contributed by atoms with E-state index in [0.29, 0.717) is 17.6 Å². The van der Waals surface area contributed by atoms with Crippen molar-refractivity contribution in [3.8, 4) is 56.9 Å². The average molecular weight is 972 g/mol. The Morgan fingerprint density at radius 2 is 0.737 bits per heavy atom. The lowest BCUT2D eigenvalue weighted by Crippen LogP contribution is -2.06. The van der Waals surface area contributed by atoms with Crippen LogP contribution in [0.4, 0.5) is 0 Å². The summed E-state index contributed by atoms with van der Waals surface area (Å²) < 4.78 is 9.23. The third kappa shape index (κ3) is 6.29. The fraction of sp³-hybridized carbons (Fsp3) is 0. The molecule has 76 heavy (non-hydrogen) atoms. The van der Waals surface area contributed by atoms with Crippen LogP contribution in [0.15, 0.2) is 249 Å². The fourth-order valence-electron chi connectivity index (χ4n) is 11.9. The molecule has 16 rings (SSSR count). The maximum atomic E-state index is 5.58. The lowest BCUT2D eigenvalue weighted by molar-refractivity contribution is 0.955. The number of fused-ring (bicyclic) bond motifs is 13. The van der Waals surface area contributed by atoms with Crippen molar-refractivity contribution in [1.29, 1.82) is 0 Å². The molecule has 7 aromatic heterocycles. The van der Waals surface area contributed by atoms with Crippen molar-refractivity contribution >= 4 is 87.2 Å². The van der Waals surface area contributed by atoms with Gasteiger partial charge in [0.15, 0.2) is 11.6 Å². The summed E-state index contributed by atoms with van der Waals surface area (Å²) in [4.78, 5) is 25.8. The van der Waals surface area contributed by atoms with Crippen LogP contribution in [0.3, 0.4) is 0 Å². The van der Waals surface area contributed by atoms with Gasteiger partial charge < -0.3 is 13.7 Å². The number of hydrogen-bond donors (Lipinski definition) is 0. The van der Waals surface area contributed by atoms with Crippen LogP contribution in [0.2, 0.25) is 0 Å². The Hall–Kier alpha value is -10.5. The Bertz CT molecular complexity index is 4820. The largest absolute Gasteiger partial charge is 0.309 e. The van der Waals surface area contributed by atoms with Crippen molar-refractivity contribution in [3.05, 3.63) is 249 Å². The lowest BCUT2D eigenvalue weighted by Gasteiger charge is -2.13. The SMILES string of the molecule is c1ccc(-c2cccc(-n3c4ccccc4c4c3ccc3c5ccccc5n(-c5nc(-c6ccc7c(c6)c6ccncc6n7-c6ccccc6)nc(-c6ccc7c(c6)c6ccncc6n7-c6ccccc6)n5)c34)c2)cc1. The van der Waals surface area contributed by atoms with E-state index in [9.17, 15) is 0 Å². The van der Waals surface area contributed by atoms with Crippen LogP contribution in [0, 0.1) is 0 Å². The van der Waals surface area contributed by atoms with Crippen molar-refractivity contribution in [3.63, 3.8) is 0 Å². The summed E-state index contributed by atoms with van der Waals surface area (Å²) in [6.45, 7) is 0. The predicted octanol–water partition coefficient (Wildman–Crippen LogP) is 16.1. The lowest BCUT2D eigenvalue weighted by atomic mass is 10.1. The van der Waals surface area contributed by atoms with E-state index in [1.807, 2.05) is 36.9 Å². The highest BCUT2D eigenvalue weighted by atomic mass is 15.2. The summed E-state index contributed by atoms with van der Waals surface area (Å²) in [5.74, 6) is 1.64. The van der Waals surface area contributed by atoms with E-state index in [1.54, 1.807) is 0 Å². The second-order valence-corrected chi connectivity index (χ2v) is 19.4. The van der Waals surface area contributed by atoms with Gasteiger partial charge in [-0.05, 0) is 114 Å². The van der Waals surface area contributed by atoms with Gasteiger partial charge in [-0.1, -0.05) is 121 Å². The predicted molar refractivity (Wildman–Crippen MR) is 309 cm³/mol. The first-order valence-electron chi connectivity index (χ1n) is 25.5. The molecule has 7 heterocycles. The van der Waals surface area contributed by atoms with Gasteiger partial charge in [-0.15, -0.1) is 0 Å². The second kappa shape index (κ2) is 16.5. The Morgan fingerprint density at radius 1 is 0.263 bits per heavy atom. The zero-order valence-corrected chi connectivity index (χ0v) is 40.7. The molecule has 9 nitrogen and oxygen atoms in total. The molecule has 0 aliphatic rings. The van der Waals surface area contributed by atoms with Crippen LogP contribution >= 0.6 is 0 Å². The van der Waals surface area contributed by atoms with Crippen molar-refractivity contribution in [2.75, 3.05) is 0 Å². The van der Waals surface area contributed by atoms with Crippen LogP contribution in [0.1, 0.15) is 0 Å². The maximum Gasteiger partial charge on any atom is 0.238 e. The molecular weight excluding hydrogens is 931 g/mol. The molecule has 0 fully saturated rings. The van der Waals surface area contributed by atoms with Crippen molar-refractivity contribution < 1.29 is 0 Å². The number of rotatable bonds is 7. The molecule has 0 aliphatic carbocycles. The maximum absolute atomic E-state index is 5.58. The van der Waals surface area contributed by atoms with Crippen LogP contribution in [0.25, 0.3) is 144 Å². The summed E-state index contributed by atoms with van der Waals surface area (Å²) in [7, 11) is 0. The van der Waals surface area contributed by atoms with Gasteiger partial charge in [0.25, 0.3) is 0 Å². The van der Waals surface area contributed by atoms with Crippen molar-refractivity contribution in [1.82, 2.24) is 43.2 Å². The zero-order valence-electron chi connectivity index (χ0n) is 40.7. The third-order valence-corrected chi connectivity index (χ3v) is 15.2. The standard InChI is InChI=1S/C67H41N9/c1-4-15-42(16-5-1)43-17-14-22-48(37-43)75-57-26-13-11-24-53(57)63-60(75)32-29-52-49-23-10-12-25-56(49)76(64(52)63)67-71-65(44-27-30-58-54(38-44)50-33-35-68-40-61(50)73(58)46-18-6-2-7-19-46)70-66(72-67)45-28-31-59-55(39-45)51-34-36-69-41-62(51)74(59)47-20-8-3-9-21-47/h1-41H. The van der Waals surface area contributed by atoms with Gasteiger partial charge >= 0.3 is 0 Å². The summed E-state index contributed by atoms with van der Waals surface area (Å²) >= 11 is 0. The number of benzene rings is 9. The number of pyridine rings is 2. The van der Waals surface area contributed by atoms with Crippen molar-refractivity contribution in [2.45, 2.75) is 0 Å². The van der Waals surface area contributed by atoms with Gasteiger partial charge in [0.05, 0.1) is 56.5 Å². The van der Waals surface area contributed by atoms with Gasteiger partial charge in [-0.3, -0.25) is 14.5 Å². The van der Waals surface area contributed by atoms with Gasteiger partial charge in [-0.25, -0.2) is 4.98 Å². The minimum atomic E-state index is 0.522. The highest BCUT2D eigenvalue weighted by Crippen LogP contribution is 2.43. The number of para-hydroxylation sites is 4. The molecule has 0 N–H and O–H groups in total. The average Bonchev–Trinajstić information content (AvgIpc) is 4.35. The monoisotopic (exact) mass is 971 g/mol. The molecule has 0 spiro atoms. The number of aromatic nitrogens is 9. The normalized spacial score (nSPS) is 11.9. The topological polar surface area (TPSA) is 84.2 Å². The first-order valence-corrected chi connectivity index (χ1v) is 25.5. The van der Waals surface area contributed by atoms with Gasteiger partial charge in [0, 0.05) is 83.7 Å².